The number of nitrogens with zero attached hydrogens (tertiary/aromatic N) is 5. The third-order valence-corrected chi connectivity index (χ3v) is 6.01. The molecule has 0 spiro atoms. The molecule has 1 aliphatic heterocycles. The maximum Gasteiger partial charge on any atom is 0.233 e. The summed E-state index contributed by atoms with van der Waals surface area (Å²) in [6, 6.07) is 5.73. The van der Waals surface area contributed by atoms with Gasteiger partial charge in [0.1, 0.15) is 6.10 Å². The summed E-state index contributed by atoms with van der Waals surface area (Å²) in [5, 5.41) is 16.6. The quantitative estimate of drug-likeness (QED) is 0.703. The fraction of sp³-hybridized carbons (Fsp3) is 0.429. The summed E-state index contributed by atoms with van der Waals surface area (Å²) in [6.45, 7) is 1.64. The van der Waals surface area contributed by atoms with Crippen molar-refractivity contribution in [2.45, 2.75) is 50.8 Å². The number of rotatable bonds is 3. The third-order valence-electron chi connectivity index (χ3n) is 5.80. The SMILES string of the molecule is CN1Cc2cc(Cl)cnc2-c2c(C3CCC(Oc4cccnn4)CC3)n[nH]c2C1. The van der Waals surface area contributed by atoms with Crippen LogP contribution in [0.3, 0.4) is 0 Å². The molecule has 1 fully saturated rings. The van der Waals surface area contributed by atoms with Crippen LogP contribution in [0, 0.1) is 0 Å². The standard InChI is InChI=1S/C21H23ClN6O/c1-28-11-14-9-15(22)10-23-20(14)19-17(12-28)25-27-21(19)13-4-6-16(7-5-13)29-18-3-2-8-24-26-18/h2-3,8-10,13,16H,4-7,11-12H2,1H3,(H,25,27). The second-order valence-electron chi connectivity index (χ2n) is 7.95. The van der Waals surface area contributed by atoms with Gasteiger partial charge in [-0.3, -0.25) is 15.0 Å². The summed E-state index contributed by atoms with van der Waals surface area (Å²) >= 11 is 6.22. The number of aromatic nitrogens is 5. The van der Waals surface area contributed by atoms with Crippen molar-refractivity contribution in [3.05, 3.63) is 52.6 Å². The Bertz CT molecular complexity index is 1000. The molecule has 150 valence electrons. The molecule has 29 heavy (non-hydrogen) atoms. The van der Waals surface area contributed by atoms with Crippen molar-refractivity contribution in [2.24, 2.45) is 0 Å². The van der Waals surface area contributed by atoms with Crippen LogP contribution in [0.15, 0.2) is 30.6 Å². The zero-order chi connectivity index (χ0) is 19.8. The molecule has 7 nitrogen and oxygen atoms in total. The number of ether oxygens (including phenoxy) is 1. The first-order valence-corrected chi connectivity index (χ1v) is 10.4. The molecule has 1 N–H and O–H groups in total. The zero-order valence-electron chi connectivity index (χ0n) is 16.3. The van der Waals surface area contributed by atoms with E-state index in [0.29, 0.717) is 16.8 Å². The molecule has 3 aromatic heterocycles. The Labute approximate surface area is 174 Å². The largest absolute Gasteiger partial charge is 0.473 e. The molecule has 0 saturated heterocycles. The van der Waals surface area contributed by atoms with Gasteiger partial charge in [0.2, 0.25) is 5.88 Å². The Morgan fingerprint density at radius 2 is 2.07 bits per heavy atom. The summed E-state index contributed by atoms with van der Waals surface area (Å²) in [5.74, 6) is 0.994. The van der Waals surface area contributed by atoms with Crippen LogP contribution in [0.2, 0.25) is 5.02 Å². The first-order chi connectivity index (χ1) is 14.2. The van der Waals surface area contributed by atoms with Gasteiger partial charge in [-0.25, -0.2) is 0 Å². The Balaban J connectivity index is 1.38. The minimum Gasteiger partial charge on any atom is -0.473 e. The molecular formula is C21H23ClN6O. The van der Waals surface area contributed by atoms with Gasteiger partial charge in [-0.15, -0.1) is 5.10 Å². The second kappa shape index (κ2) is 7.72. The third kappa shape index (κ3) is 3.72. The van der Waals surface area contributed by atoms with E-state index in [1.165, 1.54) is 5.56 Å². The van der Waals surface area contributed by atoms with Crippen molar-refractivity contribution in [1.82, 2.24) is 30.3 Å². The fourth-order valence-corrected chi connectivity index (χ4v) is 4.67. The molecule has 0 unspecified atom stereocenters. The van der Waals surface area contributed by atoms with Crippen molar-refractivity contribution < 1.29 is 4.74 Å². The average molecular weight is 411 g/mol. The highest BCUT2D eigenvalue weighted by Gasteiger charge is 2.31. The van der Waals surface area contributed by atoms with E-state index in [1.54, 1.807) is 12.4 Å². The highest BCUT2D eigenvalue weighted by molar-refractivity contribution is 6.30. The van der Waals surface area contributed by atoms with Gasteiger partial charge < -0.3 is 4.74 Å². The van der Waals surface area contributed by atoms with Gasteiger partial charge in [0.05, 0.1) is 22.1 Å². The van der Waals surface area contributed by atoms with E-state index < -0.39 is 0 Å². The van der Waals surface area contributed by atoms with Crippen molar-refractivity contribution >= 4 is 11.6 Å². The summed E-state index contributed by atoms with van der Waals surface area (Å²) in [4.78, 5) is 6.95. The van der Waals surface area contributed by atoms with Crippen molar-refractivity contribution in [3.63, 3.8) is 0 Å². The number of aromatic amines is 1. The number of hydrogen-bond donors (Lipinski definition) is 1. The van der Waals surface area contributed by atoms with E-state index in [4.69, 9.17) is 26.4 Å². The lowest BCUT2D eigenvalue weighted by molar-refractivity contribution is 0.138. The van der Waals surface area contributed by atoms with Gasteiger partial charge >= 0.3 is 0 Å². The number of halogens is 1. The smallest absolute Gasteiger partial charge is 0.233 e. The molecule has 5 rings (SSSR count). The number of nitrogens with one attached hydrogen (secondary N) is 1. The van der Waals surface area contributed by atoms with Crippen molar-refractivity contribution in [1.29, 1.82) is 0 Å². The lowest BCUT2D eigenvalue weighted by Crippen LogP contribution is -2.24. The summed E-state index contributed by atoms with van der Waals surface area (Å²) in [6.07, 6.45) is 7.58. The maximum absolute atomic E-state index is 6.22. The van der Waals surface area contributed by atoms with Gasteiger partial charge in [-0.2, -0.15) is 10.2 Å². The van der Waals surface area contributed by atoms with Crippen LogP contribution < -0.4 is 4.74 Å². The van der Waals surface area contributed by atoms with Gasteiger partial charge in [0, 0.05) is 43.0 Å². The van der Waals surface area contributed by atoms with Crippen LogP contribution in [0.1, 0.15) is 48.6 Å². The summed E-state index contributed by atoms with van der Waals surface area (Å²) in [5.41, 5.74) is 5.59. The molecule has 0 bridgehead atoms. The summed E-state index contributed by atoms with van der Waals surface area (Å²) in [7, 11) is 2.11. The van der Waals surface area contributed by atoms with E-state index >= 15 is 0 Å². The van der Waals surface area contributed by atoms with Gasteiger partial charge in [-0.05, 0) is 50.4 Å². The highest BCUT2D eigenvalue weighted by atomic mass is 35.5. The molecule has 0 radical (unpaired) electrons. The first kappa shape index (κ1) is 18.5. The Hall–Kier alpha value is -2.51. The normalized spacial score (nSPS) is 21.9. The van der Waals surface area contributed by atoms with Crippen LogP contribution in [-0.2, 0) is 13.1 Å². The van der Waals surface area contributed by atoms with Crippen molar-refractivity contribution in [3.8, 4) is 17.1 Å². The van der Waals surface area contributed by atoms with Crippen LogP contribution in [0.5, 0.6) is 5.88 Å². The molecule has 0 atom stereocenters. The average Bonchev–Trinajstić information content (AvgIpc) is 3.06. The number of pyridine rings is 1. The number of fused-ring (bicyclic) bond motifs is 3. The predicted molar refractivity (Wildman–Crippen MR) is 110 cm³/mol. The van der Waals surface area contributed by atoms with Crippen molar-refractivity contribution in [2.75, 3.05) is 7.05 Å². The predicted octanol–water partition coefficient (Wildman–Crippen LogP) is 3.97. The molecule has 1 saturated carbocycles. The van der Waals surface area contributed by atoms with Gasteiger partial charge in [-0.1, -0.05) is 11.6 Å². The van der Waals surface area contributed by atoms with Crippen LogP contribution in [0.25, 0.3) is 11.3 Å². The van der Waals surface area contributed by atoms with E-state index in [-0.39, 0.29) is 6.10 Å². The van der Waals surface area contributed by atoms with E-state index in [9.17, 15) is 0 Å². The fourth-order valence-electron chi connectivity index (χ4n) is 4.49. The molecule has 0 aromatic carbocycles. The minimum absolute atomic E-state index is 0.177. The van der Waals surface area contributed by atoms with E-state index in [2.05, 4.69) is 27.2 Å². The molecule has 2 aliphatic rings. The van der Waals surface area contributed by atoms with E-state index in [1.807, 2.05) is 18.2 Å². The van der Waals surface area contributed by atoms with Gasteiger partial charge in [0.15, 0.2) is 0 Å². The monoisotopic (exact) mass is 410 g/mol. The van der Waals surface area contributed by atoms with Crippen LogP contribution >= 0.6 is 11.6 Å². The molecule has 0 amide bonds. The number of hydrogen-bond acceptors (Lipinski definition) is 6. The molecule has 3 aromatic rings. The minimum atomic E-state index is 0.177. The lowest BCUT2D eigenvalue weighted by Gasteiger charge is -2.28. The Morgan fingerprint density at radius 1 is 1.21 bits per heavy atom. The lowest BCUT2D eigenvalue weighted by atomic mass is 9.83. The Morgan fingerprint density at radius 3 is 2.86 bits per heavy atom. The van der Waals surface area contributed by atoms with Crippen LogP contribution in [0.4, 0.5) is 0 Å². The number of H-pyrrole nitrogens is 1. The van der Waals surface area contributed by atoms with E-state index in [0.717, 1.165) is 61.4 Å². The zero-order valence-corrected chi connectivity index (χ0v) is 17.1. The molecule has 4 heterocycles. The molecular weight excluding hydrogens is 388 g/mol. The molecule has 8 heteroatoms. The first-order valence-electron chi connectivity index (χ1n) is 10.0. The molecule has 1 aliphatic carbocycles. The second-order valence-corrected chi connectivity index (χ2v) is 8.39. The van der Waals surface area contributed by atoms with Gasteiger partial charge in [0.25, 0.3) is 0 Å². The van der Waals surface area contributed by atoms with Crippen LogP contribution in [-0.4, -0.2) is 43.4 Å². The highest BCUT2D eigenvalue weighted by Crippen LogP contribution is 2.41. The maximum atomic E-state index is 6.22. The topological polar surface area (TPSA) is 79.8 Å². The Kier molecular flexibility index (Phi) is 4.93. The summed E-state index contributed by atoms with van der Waals surface area (Å²) < 4.78 is 6.00.